The summed E-state index contributed by atoms with van der Waals surface area (Å²) in [6, 6.07) is 7.83. The first kappa shape index (κ1) is 15.3. The summed E-state index contributed by atoms with van der Waals surface area (Å²) in [5.74, 6) is 1.40. The Balaban J connectivity index is 1.75. The van der Waals surface area contributed by atoms with Crippen LogP contribution in [0.15, 0.2) is 24.3 Å². The summed E-state index contributed by atoms with van der Waals surface area (Å²) in [6.07, 6.45) is 0.726. The van der Waals surface area contributed by atoms with Gasteiger partial charge in [0.15, 0.2) is 9.84 Å². The highest BCUT2D eigenvalue weighted by molar-refractivity contribution is 7.91. The highest BCUT2D eigenvalue weighted by Gasteiger charge is 2.30. The molecule has 1 saturated heterocycles. The van der Waals surface area contributed by atoms with Gasteiger partial charge in [0.05, 0.1) is 11.5 Å². The van der Waals surface area contributed by atoms with E-state index in [4.69, 9.17) is 10.5 Å². The van der Waals surface area contributed by atoms with Crippen LogP contribution in [0.4, 0.5) is 0 Å². The molecule has 1 atom stereocenters. The molecule has 0 aromatic heterocycles. The highest BCUT2D eigenvalue weighted by Crippen LogP contribution is 2.16. The van der Waals surface area contributed by atoms with Gasteiger partial charge in [-0.25, -0.2) is 8.42 Å². The SMILES string of the molecule is CN(CCOc1ccc(CN)cc1)C1CCS(=O)(=O)C1. The number of hydrogen-bond acceptors (Lipinski definition) is 5. The second-order valence-electron chi connectivity index (χ2n) is 5.23. The van der Waals surface area contributed by atoms with Gasteiger partial charge in [-0.3, -0.25) is 4.90 Å². The number of benzene rings is 1. The number of nitrogens with two attached hydrogens (primary N) is 1. The third-order valence-electron chi connectivity index (χ3n) is 3.70. The Morgan fingerprint density at radius 3 is 2.60 bits per heavy atom. The molecule has 1 fully saturated rings. The molecular weight excluding hydrogens is 276 g/mol. The van der Waals surface area contributed by atoms with Gasteiger partial charge in [0.1, 0.15) is 12.4 Å². The topological polar surface area (TPSA) is 72.6 Å². The molecule has 1 aliphatic heterocycles. The van der Waals surface area contributed by atoms with Crippen LogP contribution in [0.3, 0.4) is 0 Å². The van der Waals surface area contributed by atoms with E-state index >= 15 is 0 Å². The molecule has 0 bridgehead atoms. The molecule has 1 heterocycles. The van der Waals surface area contributed by atoms with Crippen LogP contribution in [-0.2, 0) is 16.4 Å². The van der Waals surface area contributed by atoms with Crippen molar-refractivity contribution in [3.05, 3.63) is 29.8 Å². The van der Waals surface area contributed by atoms with Crippen LogP contribution < -0.4 is 10.5 Å². The fourth-order valence-electron chi connectivity index (χ4n) is 2.33. The van der Waals surface area contributed by atoms with Crippen molar-refractivity contribution in [2.24, 2.45) is 5.73 Å². The summed E-state index contributed by atoms with van der Waals surface area (Å²) in [4.78, 5) is 2.07. The van der Waals surface area contributed by atoms with E-state index in [0.29, 0.717) is 18.9 Å². The normalized spacial score (nSPS) is 21.2. The summed E-state index contributed by atoms with van der Waals surface area (Å²) in [5, 5.41) is 0. The number of rotatable bonds is 6. The van der Waals surface area contributed by atoms with Gasteiger partial charge in [0.2, 0.25) is 0 Å². The second-order valence-corrected chi connectivity index (χ2v) is 7.46. The van der Waals surface area contributed by atoms with Crippen LogP contribution >= 0.6 is 0 Å². The molecule has 2 N–H and O–H groups in total. The van der Waals surface area contributed by atoms with Crippen LogP contribution in [0.2, 0.25) is 0 Å². The molecule has 1 aromatic rings. The Hall–Kier alpha value is -1.11. The number of ether oxygens (including phenoxy) is 1. The Morgan fingerprint density at radius 2 is 2.05 bits per heavy atom. The van der Waals surface area contributed by atoms with Crippen molar-refractivity contribution in [2.45, 2.75) is 19.0 Å². The minimum absolute atomic E-state index is 0.128. The summed E-state index contributed by atoms with van der Waals surface area (Å²) in [6.45, 7) is 1.80. The van der Waals surface area contributed by atoms with E-state index in [9.17, 15) is 8.42 Å². The van der Waals surface area contributed by atoms with E-state index in [1.807, 2.05) is 31.3 Å². The lowest BCUT2D eigenvalue weighted by atomic mass is 10.2. The molecule has 20 heavy (non-hydrogen) atoms. The van der Waals surface area contributed by atoms with E-state index in [1.54, 1.807) is 0 Å². The predicted octanol–water partition coefficient (Wildman–Crippen LogP) is 0.643. The molecule has 1 aromatic carbocycles. The zero-order chi connectivity index (χ0) is 14.6. The highest BCUT2D eigenvalue weighted by atomic mass is 32.2. The van der Waals surface area contributed by atoms with E-state index in [0.717, 1.165) is 24.3 Å². The molecule has 5 nitrogen and oxygen atoms in total. The first-order valence-corrected chi connectivity index (χ1v) is 8.65. The van der Waals surface area contributed by atoms with Gasteiger partial charge < -0.3 is 10.5 Å². The fraction of sp³-hybridized carbons (Fsp3) is 0.571. The predicted molar refractivity (Wildman–Crippen MR) is 79.5 cm³/mol. The average molecular weight is 298 g/mol. The van der Waals surface area contributed by atoms with E-state index in [2.05, 4.69) is 4.90 Å². The first-order chi connectivity index (χ1) is 9.50. The van der Waals surface area contributed by atoms with Gasteiger partial charge >= 0.3 is 0 Å². The summed E-state index contributed by atoms with van der Waals surface area (Å²) in [7, 11) is -0.869. The Labute approximate surface area is 120 Å². The molecule has 1 unspecified atom stereocenters. The van der Waals surface area contributed by atoms with Crippen LogP contribution in [0.5, 0.6) is 5.75 Å². The largest absolute Gasteiger partial charge is 0.492 e. The fourth-order valence-corrected chi connectivity index (χ4v) is 4.14. The first-order valence-electron chi connectivity index (χ1n) is 6.82. The number of likely N-dealkylation sites (N-methyl/N-ethyl adjacent to an activating group) is 1. The van der Waals surface area contributed by atoms with Crippen molar-refractivity contribution in [2.75, 3.05) is 31.7 Å². The molecule has 0 saturated carbocycles. The molecular formula is C14H22N2O3S. The van der Waals surface area contributed by atoms with E-state index < -0.39 is 9.84 Å². The number of hydrogen-bond donors (Lipinski definition) is 1. The van der Waals surface area contributed by atoms with Crippen LogP contribution in [0.25, 0.3) is 0 Å². The van der Waals surface area contributed by atoms with Crippen molar-refractivity contribution >= 4 is 9.84 Å². The molecule has 1 aliphatic rings. The molecule has 2 rings (SSSR count). The molecule has 6 heteroatoms. The number of nitrogens with zero attached hydrogens (tertiary/aromatic N) is 1. The van der Waals surface area contributed by atoms with Crippen molar-refractivity contribution in [3.8, 4) is 5.75 Å². The number of sulfone groups is 1. The maximum Gasteiger partial charge on any atom is 0.151 e. The molecule has 0 aliphatic carbocycles. The Morgan fingerprint density at radius 1 is 1.35 bits per heavy atom. The van der Waals surface area contributed by atoms with Crippen LogP contribution in [-0.4, -0.2) is 51.1 Å². The minimum atomic E-state index is -2.82. The lowest BCUT2D eigenvalue weighted by Gasteiger charge is -2.22. The second kappa shape index (κ2) is 6.56. The van der Waals surface area contributed by atoms with Crippen molar-refractivity contribution in [1.82, 2.24) is 4.90 Å². The van der Waals surface area contributed by atoms with Gasteiger partial charge in [-0.1, -0.05) is 12.1 Å². The van der Waals surface area contributed by atoms with Gasteiger partial charge in [-0.15, -0.1) is 0 Å². The third-order valence-corrected chi connectivity index (χ3v) is 5.45. The van der Waals surface area contributed by atoms with Crippen LogP contribution in [0.1, 0.15) is 12.0 Å². The Kier molecular flexibility index (Phi) is 5.01. The minimum Gasteiger partial charge on any atom is -0.492 e. The lowest BCUT2D eigenvalue weighted by Crippen LogP contribution is -2.35. The lowest BCUT2D eigenvalue weighted by molar-refractivity contribution is 0.202. The maximum atomic E-state index is 11.4. The summed E-state index contributed by atoms with van der Waals surface area (Å²) in [5.41, 5.74) is 6.61. The third kappa shape index (κ3) is 4.19. The summed E-state index contributed by atoms with van der Waals surface area (Å²) < 4.78 is 28.5. The van der Waals surface area contributed by atoms with Gasteiger partial charge in [-0.2, -0.15) is 0 Å². The monoisotopic (exact) mass is 298 g/mol. The van der Waals surface area contributed by atoms with Gasteiger partial charge in [0, 0.05) is 19.1 Å². The van der Waals surface area contributed by atoms with Gasteiger partial charge in [-0.05, 0) is 31.2 Å². The van der Waals surface area contributed by atoms with Crippen molar-refractivity contribution in [1.29, 1.82) is 0 Å². The Bertz CT molecular complexity index is 528. The molecule has 0 spiro atoms. The smallest absolute Gasteiger partial charge is 0.151 e. The molecule has 112 valence electrons. The quantitative estimate of drug-likeness (QED) is 0.834. The van der Waals surface area contributed by atoms with E-state index in [1.165, 1.54) is 0 Å². The molecule has 0 amide bonds. The van der Waals surface area contributed by atoms with E-state index in [-0.39, 0.29) is 11.8 Å². The van der Waals surface area contributed by atoms with Gasteiger partial charge in [0.25, 0.3) is 0 Å². The zero-order valence-corrected chi connectivity index (χ0v) is 12.6. The zero-order valence-electron chi connectivity index (χ0n) is 11.8. The van der Waals surface area contributed by atoms with Crippen molar-refractivity contribution in [3.63, 3.8) is 0 Å². The molecule has 0 radical (unpaired) electrons. The average Bonchev–Trinajstić information content (AvgIpc) is 2.80. The standard InChI is InChI=1S/C14H22N2O3S/c1-16(13-6-9-20(17,18)11-13)7-8-19-14-4-2-12(10-15)3-5-14/h2-5,13H,6-11,15H2,1H3. The van der Waals surface area contributed by atoms with Crippen LogP contribution in [0, 0.1) is 0 Å². The summed E-state index contributed by atoms with van der Waals surface area (Å²) >= 11 is 0. The van der Waals surface area contributed by atoms with Crippen molar-refractivity contribution < 1.29 is 13.2 Å². The maximum absolute atomic E-state index is 11.4.